The maximum Gasteiger partial charge on any atom is 0.407 e. The normalized spacial score (nSPS) is 22.2. The maximum atomic E-state index is 11.5. The van der Waals surface area contributed by atoms with E-state index in [0.29, 0.717) is 38.3 Å². The predicted molar refractivity (Wildman–Crippen MR) is 77.6 cm³/mol. The van der Waals surface area contributed by atoms with Gasteiger partial charge in [-0.25, -0.2) is 4.79 Å². The zero-order valence-electron chi connectivity index (χ0n) is 12.0. The fourth-order valence-electron chi connectivity index (χ4n) is 2.55. The molecule has 2 atom stereocenters. The molecule has 0 aliphatic heterocycles. The lowest BCUT2D eigenvalue weighted by atomic mass is 10.1. The first-order valence-corrected chi connectivity index (χ1v) is 7.29. The van der Waals surface area contributed by atoms with Gasteiger partial charge in [0.25, 0.3) is 0 Å². The van der Waals surface area contributed by atoms with Crippen LogP contribution in [0.4, 0.5) is 4.79 Å². The largest absolute Gasteiger partial charge is 0.480 e. The Morgan fingerprint density at radius 3 is 2.76 bits per heavy atom. The van der Waals surface area contributed by atoms with Gasteiger partial charge in [0.2, 0.25) is 0 Å². The van der Waals surface area contributed by atoms with E-state index in [2.05, 4.69) is 17.5 Å². The molecular weight excluding hydrogens is 272 g/mol. The summed E-state index contributed by atoms with van der Waals surface area (Å²) in [5, 5.41) is 11.3. The molecule has 1 spiro atoms. The molecule has 0 aromatic rings. The first-order chi connectivity index (χ1) is 10.0. The van der Waals surface area contributed by atoms with Crippen molar-refractivity contribution in [3.8, 4) is 0 Å². The van der Waals surface area contributed by atoms with Crippen LogP contribution in [0.1, 0.15) is 25.7 Å². The number of rotatable bonds is 8. The van der Waals surface area contributed by atoms with Crippen LogP contribution < -0.4 is 11.1 Å². The third-order valence-electron chi connectivity index (χ3n) is 4.07. The van der Waals surface area contributed by atoms with Crippen LogP contribution in [0.25, 0.3) is 0 Å². The van der Waals surface area contributed by atoms with Gasteiger partial charge in [-0.3, -0.25) is 4.79 Å². The van der Waals surface area contributed by atoms with E-state index in [0.717, 1.165) is 6.42 Å². The van der Waals surface area contributed by atoms with Crippen molar-refractivity contribution in [1.29, 1.82) is 0 Å². The highest BCUT2D eigenvalue weighted by Crippen LogP contribution is 2.56. The van der Waals surface area contributed by atoms with Crippen LogP contribution >= 0.6 is 0 Å². The fraction of sp³-hybridized carbons (Fsp3) is 0.600. The number of nitrogens with two attached hydrogens (primary N) is 1. The summed E-state index contributed by atoms with van der Waals surface area (Å²) in [4.78, 5) is 22.0. The number of alkyl carbamates (subject to hydrolysis) is 1. The lowest BCUT2D eigenvalue weighted by molar-refractivity contribution is -0.138. The monoisotopic (exact) mass is 294 g/mol. The minimum Gasteiger partial charge on any atom is -0.480 e. The van der Waals surface area contributed by atoms with Crippen molar-refractivity contribution in [2.75, 3.05) is 13.2 Å². The number of unbranched alkanes of at least 4 members (excludes halogenated alkanes) is 1. The number of hydrogen-bond donors (Lipinski definition) is 3. The van der Waals surface area contributed by atoms with Gasteiger partial charge in [0.15, 0.2) is 0 Å². The first-order valence-electron chi connectivity index (χ1n) is 7.29. The van der Waals surface area contributed by atoms with Crippen LogP contribution in [0.15, 0.2) is 24.3 Å². The van der Waals surface area contributed by atoms with Gasteiger partial charge in [0, 0.05) is 17.9 Å². The summed E-state index contributed by atoms with van der Waals surface area (Å²) < 4.78 is 5.18. The first kappa shape index (κ1) is 15.6. The number of carbonyl (C=O) groups is 2. The molecule has 2 aliphatic carbocycles. The number of nitrogens with one attached hydrogen (secondary N) is 1. The van der Waals surface area contributed by atoms with Crippen molar-refractivity contribution in [2.45, 2.75) is 31.7 Å². The molecule has 2 aliphatic rings. The van der Waals surface area contributed by atoms with Gasteiger partial charge in [-0.2, -0.15) is 0 Å². The molecule has 0 bridgehead atoms. The molecule has 21 heavy (non-hydrogen) atoms. The van der Waals surface area contributed by atoms with Crippen LogP contribution in [0.5, 0.6) is 0 Å². The molecule has 1 amide bonds. The van der Waals surface area contributed by atoms with Crippen LogP contribution in [0.3, 0.4) is 0 Å². The average molecular weight is 294 g/mol. The number of aliphatic carboxylic acids is 1. The SMILES string of the molecule is N[C@@H](CCCCNC(=O)OC[C@H]1CC12C=CC=C2)C(=O)O. The standard InChI is InChI=1S/C15H22N2O4/c16-12(13(18)19)5-1-4-8-17-14(20)21-10-11-9-15(11)6-2-3-7-15/h2-3,6-7,11-12H,1,4-5,8-10,16H2,(H,17,20)(H,18,19)/t11-,12+/m1/s1. The van der Waals surface area contributed by atoms with Crippen LogP contribution in [-0.2, 0) is 9.53 Å². The van der Waals surface area contributed by atoms with E-state index in [-0.39, 0.29) is 5.41 Å². The van der Waals surface area contributed by atoms with Gasteiger partial charge in [0.1, 0.15) is 6.04 Å². The van der Waals surface area contributed by atoms with E-state index in [9.17, 15) is 9.59 Å². The number of hydrogen-bond acceptors (Lipinski definition) is 4. The molecule has 0 aromatic heterocycles. The summed E-state index contributed by atoms with van der Waals surface area (Å²) in [5.74, 6) is -0.595. The summed E-state index contributed by atoms with van der Waals surface area (Å²) in [5.41, 5.74) is 5.53. The van der Waals surface area contributed by atoms with Crippen LogP contribution in [0, 0.1) is 11.3 Å². The lowest BCUT2D eigenvalue weighted by Gasteiger charge is -2.09. The predicted octanol–water partition coefficient (Wildman–Crippen LogP) is 1.43. The van der Waals surface area contributed by atoms with Crippen molar-refractivity contribution in [2.24, 2.45) is 17.1 Å². The molecule has 0 heterocycles. The summed E-state index contributed by atoms with van der Waals surface area (Å²) in [6.07, 6.45) is 10.8. The van der Waals surface area contributed by atoms with Crippen molar-refractivity contribution < 1.29 is 19.4 Å². The summed E-state index contributed by atoms with van der Waals surface area (Å²) in [6.45, 7) is 0.908. The molecule has 6 nitrogen and oxygen atoms in total. The van der Waals surface area contributed by atoms with Gasteiger partial charge in [-0.15, -0.1) is 0 Å². The Bertz CT molecular complexity index is 447. The second kappa shape index (κ2) is 6.76. The molecule has 1 fully saturated rings. The molecule has 0 radical (unpaired) electrons. The molecule has 4 N–H and O–H groups in total. The highest BCUT2D eigenvalue weighted by molar-refractivity contribution is 5.72. The van der Waals surface area contributed by atoms with Crippen molar-refractivity contribution in [3.63, 3.8) is 0 Å². The van der Waals surface area contributed by atoms with Crippen LogP contribution in [0.2, 0.25) is 0 Å². The van der Waals surface area contributed by atoms with Gasteiger partial charge in [-0.05, 0) is 25.7 Å². The second-order valence-corrected chi connectivity index (χ2v) is 5.70. The molecule has 6 heteroatoms. The number of ether oxygens (including phenoxy) is 1. The molecule has 116 valence electrons. The quantitative estimate of drug-likeness (QED) is 0.588. The molecule has 2 rings (SSSR count). The Kier molecular flexibility index (Phi) is 5.01. The van der Waals surface area contributed by atoms with Crippen molar-refractivity contribution >= 4 is 12.1 Å². The maximum absolute atomic E-state index is 11.5. The van der Waals surface area contributed by atoms with Crippen LogP contribution in [-0.4, -0.2) is 36.4 Å². The molecule has 0 saturated heterocycles. The minimum atomic E-state index is -0.990. The Morgan fingerprint density at radius 1 is 1.38 bits per heavy atom. The number of carboxylic acids is 1. The Labute approximate surface area is 124 Å². The third kappa shape index (κ3) is 4.32. The number of amides is 1. The summed E-state index contributed by atoms with van der Waals surface area (Å²) in [7, 11) is 0. The summed E-state index contributed by atoms with van der Waals surface area (Å²) >= 11 is 0. The summed E-state index contributed by atoms with van der Waals surface area (Å²) in [6, 6.07) is -0.824. The zero-order valence-corrected chi connectivity index (χ0v) is 12.0. The van der Waals surface area contributed by atoms with Crippen molar-refractivity contribution in [3.05, 3.63) is 24.3 Å². The zero-order chi connectivity index (χ0) is 15.3. The van der Waals surface area contributed by atoms with E-state index in [4.69, 9.17) is 15.6 Å². The molecule has 0 unspecified atom stereocenters. The van der Waals surface area contributed by atoms with Gasteiger partial charge >= 0.3 is 12.1 Å². The number of carboxylic acid groups (broad SMARTS) is 1. The average Bonchev–Trinajstić information content (AvgIpc) is 2.89. The van der Waals surface area contributed by atoms with E-state index in [1.165, 1.54) is 0 Å². The molecule has 1 saturated carbocycles. The van der Waals surface area contributed by atoms with Gasteiger partial charge in [0.05, 0.1) is 6.61 Å². The Morgan fingerprint density at radius 2 is 2.10 bits per heavy atom. The topological polar surface area (TPSA) is 102 Å². The van der Waals surface area contributed by atoms with E-state index in [1.54, 1.807) is 0 Å². The fourth-order valence-corrected chi connectivity index (χ4v) is 2.55. The highest BCUT2D eigenvalue weighted by atomic mass is 16.5. The van der Waals surface area contributed by atoms with E-state index >= 15 is 0 Å². The van der Waals surface area contributed by atoms with E-state index in [1.807, 2.05) is 12.2 Å². The number of allylic oxidation sites excluding steroid dienone is 4. The van der Waals surface area contributed by atoms with E-state index < -0.39 is 18.1 Å². The molecular formula is C15H22N2O4. The highest BCUT2D eigenvalue weighted by Gasteiger charge is 2.51. The minimum absolute atomic E-state index is 0.146. The lowest BCUT2D eigenvalue weighted by Crippen LogP contribution is -2.30. The van der Waals surface area contributed by atoms with Gasteiger partial charge in [-0.1, -0.05) is 24.3 Å². The van der Waals surface area contributed by atoms with Gasteiger partial charge < -0.3 is 20.9 Å². The second-order valence-electron chi connectivity index (χ2n) is 5.70. The number of carbonyl (C=O) groups excluding carboxylic acids is 1. The Hall–Kier alpha value is -1.82. The smallest absolute Gasteiger partial charge is 0.407 e. The molecule has 0 aromatic carbocycles. The third-order valence-corrected chi connectivity index (χ3v) is 4.07. The van der Waals surface area contributed by atoms with Crippen molar-refractivity contribution in [1.82, 2.24) is 5.32 Å². The Balaban J connectivity index is 1.48.